The number of nitro groups is 1. The minimum Gasteiger partial charge on any atom is -0.495 e. The Morgan fingerprint density at radius 1 is 1.10 bits per heavy atom. The smallest absolute Gasteiger partial charge is 0.271 e. The summed E-state index contributed by atoms with van der Waals surface area (Å²) in [5.41, 5.74) is 0.491. The number of methoxy groups -OCH3 is 1. The zero-order valence-corrected chi connectivity index (χ0v) is 17.3. The van der Waals surface area contributed by atoms with Gasteiger partial charge in [-0.2, -0.15) is 4.31 Å². The fraction of sp³-hybridized carbons (Fsp3) is 0.400. The fourth-order valence-electron chi connectivity index (χ4n) is 3.85. The Bertz CT molecular complexity index is 1070. The number of rotatable bonds is 5. The number of non-ortho nitro benzene ring substituents is 1. The Hall–Kier alpha value is -2.85. The Morgan fingerprint density at radius 2 is 1.87 bits per heavy atom. The van der Waals surface area contributed by atoms with Crippen LogP contribution in [0.4, 0.5) is 5.69 Å². The van der Waals surface area contributed by atoms with Gasteiger partial charge in [0.05, 0.1) is 31.3 Å². The molecule has 0 aromatic heterocycles. The number of hydrogen-bond acceptors (Lipinski definition) is 7. The first kappa shape index (κ1) is 20.4. The molecule has 2 heterocycles. The Kier molecular flexibility index (Phi) is 5.52. The van der Waals surface area contributed by atoms with Crippen molar-refractivity contribution in [3.05, 3.63) is 52.1 Å². The van der Waals surface area contributed by atoms with Crippen LogP contribution < -0.4 is 14.2 Å². The van der Waals surface area contributed by atoms with Gasteiger partial charge in [0.1, 0.15) is 10.6 Å². The lowest BCUT2D eigenvalue weighted by atomic mass is 10.0. The van der Waals surface area contributed by atoms with E-state index >= 15 is 0 Å². The number of sulfonamides is 1. The zero-order chi connectivity index (χ0) is 21.3. The van der Waals surface area contributed by atoms with Gasteiger partial charge in [-0.3, -0.25) is 10.1 Å². The first-order valence-corrected chi connectivity index (χ1v) is 11.1. The number of nitrogens with zero attached hydrogens (tertiary/aromatic N) is 2. The minimum absolute atomic E-state index is 0.0740. The molecule has 1 atom stereocenters. The summed E-state index contributed by atoms with van der Waals surface area (Å²) in [5, 5.41) is 11.2. The topological polar surface area (TPSA) is 108 Å². The van der Waals surface area contributed by atoms with Crippen LogP contribution in [-0.4, -0.2) is 44.5 Å². The lowest BCUT2D eigenvalue weighted by molar-refractivity contribution is -0.385. The van der Waals surface area contributed by atoms with Gasteiger partial charge in [0.15, 0.2) is 11.5 Å². The van der Waals surface area contributed by atoms with Gasteiger partial charge in [-0.1, -0.05) is 6.07 Å². The van der Waals surface area contributed by atoms with Gasteiger partial charge in [0.25, 0.3) is 5.69 Å². The molecule has 2 aromatic rings. The van der Waals surface area contributed by atoms with Crippen LogP contribution in [0.5, 0.6) is 17.2 Å². The van der Waals surface area contributed by atoms with E-state index in [0.717, 1.165) is 18.1 Å². The van der Waals surface area contributed by atoms with Crippen molar-refractivity contribution in [3.63, 3.8) is 0 Å². The van der Waals surface area contributed by atoms with E-state index in [9.17, 15) is 18.5 Å². The SMILES string of the molecule is COc1ccc([N+](=O)[O-])cc1S(=O)(=O)N1CCC[C@@H]1c1ccc2c(c1)OCCCO2. The monoisotopic (exact) mass is 434 g/mol. The predicted octanol–water partition coefficient (Wildman–Crippen LogP) is 3.29. The highest BCUT2D eigenvalue weighted by Gasteiger charge is 2.38. The number of nitro benzene ring substituents is 1. The summed E-state index contributed by atoms with van der Waals surface area (Å²) in [4.78, 5) is 10.4. The highest BCUT2D eigenvalue weighted by atomic mass is 32.2. The fourth-order valence-corrected chi connectivity index (χ4v) is 5.71. The van der Waals surface area contributed by atoms with Crippen LogP contribution in [0.1, 0.15) is 30.9 Å². The van der Waals surface area contributed by atoms with Crippen molar-refractivity contribution in [1.82, 2.24) is 4.31 Å². The van der Waals surface area contributed by atoms with Crippen molar-refractivity contribution in [1.29, 1.82) is 0 Å². The first-order chi connectivity index (χ1) is 14.4. The molecule has 0 aliphatic carbocycles. The highest BCUT2D eigenvalue weighted by Crippen LogP contribution is 2.42. The molecule has 30 heavy (non-hydrogen) atoms. The molecule has 0 amide bonds. The first-order valence-electron chi connectivity index (χ1n) is 9.65. The number of fused-ring (bicyclic) bond motifs is 1. The largest absolute Gasteiger partial charge is 0.495 e. The summed E-state index contributed by atoms with van der Waals surface area (Å²) in [7, 11) is -2.69. The van der Waals surface area contributed by atoms with E-state index in [0.29, 0.717) is 44.1 Å². The van der Waals surface area contributed by atoms with Gasteiger partial charge >= 0.3 is 0 Å². The number of benzene rings is 2. The molecular formula is C20H22N2O7S. The second-order valence-electron chi connectivity index (χ2n) is 7.12. The molecule has 0 radical (unpaired) electrons. The van der Waals surface area contributed by atoms with E-state index in [2.05, 4.69) is 0 Å². The third-order valence-electron chi connectivity index (χ3n) is 5.30. The summed E-state index contributed by atoms with van der Waals surface area (Å²) < 4.78 is 44.9. The molecule has 4 rings (SSSR count). The average molecular weight is 434 g/mol. The van der Waals surface area contributed by atoms with Crippen molar-refractivity contribution >= 4 is 15.7 Å². The Morgan fingerprint density at radius 3 is 2.60 bits per heavy atom. The third-order valence-corrected chi connectivity index (χ3v) is 7.23. The van der Waals surface area contributed by atoms with E-state index in [4.69, 9.17) is 14.2 Å². The summed E-state index contributed by atoms with van der Waals surface area (Å²) in [6, 6.07) is 8.65. The van der Waals surface area contributed by atoms with Gasteiger partial charge in [-0.25, -0.2) is 8.42 Å². The Balaban J connectivity index is 1.72. The second kappa shape index (κ2) is 8.11. The van der Waals surface area contributed by atoms with Crippen LogP contribution in [0.3, 0.4) is 0 Å². The van der Waals surface area contributed by atoms with Gasteiger partial charge in [-0.05, 0) is 36.6 Å². The van der Waals surface area contributed by atoms with Gasteiger partial charge in [0, 0.05) is 25.1 Å². The van der Waals surface area contributed by atoms with Crippen molar-refractivity contribution in [3.8, 4) is 17.2 Å². The molecule has 2 aliphatic rings. The highest BCUT2D eigenvalue weighted by molar-refractivity contribution is 7.89. The number of ether oxygens (including phenoxy) is 3. The molecule has 0 saturated carbocycles. The van der Waals surface area contributed by atoms with Crippen LogP contribution in [0, 0.1) is 10.1 Å². The quantitative estimate of drug-likeness (QED) is 0.525. The summed E-state index contributed by atoms with van der Waals surface area (Å²) in [6.07, 6.45) is 2.09. The maximum Gasteiger partial charge on any atom is 0.271 e. The maximum atomic E-state index is 13.5. The van der Waals surface area contributed by atoms with Crippen molar-refractivity contribution < 1.29 is 27.6 Å². The van der Waals surface area contributed by atoms with Crippen LogP contribution in [0.15, 0.2) is 41.3 Å². The molecule has 160 valence electrons. The van der Waals surface area contributed by atoms with E-state index in [-0.39, 0.29) is 16.3 Å². The molecule has 0 N–H and O–H groups in total. The van der Waals surface area contributed by atoms with Crippen LogP contribution in [0.25, 0.3) is 0 Å². The third kappa shape index (κ3) is 3.68. The van der Waals surface area contributed by atoms with Crippen molar-refractivity contribution in [2.75, 3.05) is 26.9 Å². The van der Waals surface area contributed by atoms with Crippen LogP contribution in [-0.2, 0) is 10.0 Å². The molecular weight excluding hydrogens is 412 g/mol. The lowest BCUT2D eigenvalue weighted by Crippen LogP contribution is -2.31. The van der Waals surface area contributed by atoms with Gasteiger partial charge in [0.2, 0.25) is 10.0 Å². The molecule has 9 nitrogen and oxygen atoms in total. The normalized spacial score (nSPS) is 19.3. The van der Waals surface area contributed by atoms with Crippen molar-refractivity contribution in [2.45, 2.75) is 30.2 Å². The molecule has 1 fully saturated rings. The predicted molar refractivity (Wildman–Crippen MR) is 108 cm³/mol. The molecule has 10 heteroatoms. The Labute approximate surface area is 174 Å². The second-order valence-corrected chi connectivity index (χ2v) is 8.98. The van der Waals surface area contributed by atoms with Gasteiger partial charge in [-0.15, -0.1) is 0 Å². The van der Waals surface area contributed by atoms with E-state index in [1.54, 1.807) is 6.07 Å². The standard InChI is InChI=1S/C20H22N2O7S/c1-27-18-8-6-15(22(23)24)13-20(18)30(25,26)21-9-2-4-16(21)14-5-7-17-19(12-14)29-11-3-10-28-17/h5-8,12-13,16H,2-4,9-11H2,1H3/t16-/m1/s1. The number of hydrogen-bond donors (Lipinski definition) is 0. The van der Waals surface area contributed by atoms with Crippen molar-refractivity contribution in [2.24, 2.45) is 0 Å². The van der Waals surface area contributed by atoms with E-state index in [1.165, 1.54) is 23.5 Å². The molecule has 0 spiro atoms. The summed E-state index contributed by atoms with van der Waals surface area (Å²) in [5.74, 6) is 1.32. The molecule has 0 bridgehead atoms. The molecule has 0 unspecified atom stereocenters. The van der Waals surface area contributed by atoms with Crippen LogP contribution in [0.2, 0.25) is 0 Å². The summed E-state index contributed by atoms with van der Waals surface area (Å²) >= 11 is 0. The maximum absolute atomic E-state index is 13.5. The minimum atomic E-state index is -4.03. The molecule has 2 aliphatic heterocycles. The van der Waals surface area contributed by atoms with Crippen LogP contribution >= 0.6 is 0 Å². The zero-order valence-electron chi connectivity index (χ0n) is 16.4. The van der Waals surface area contributed by atoms with Gasteiger partial charge < -0.3 is 14.2 Å². The lowest BCUT2D eigenvalue weighted by Gasteiger charge is -2.25. The average Bonchev–Trinajstić information content (AvgIpc) is 3.13. The van der Waals surface area contributed by atoms with E-state index < -0.39 is 21.0 Å². The molecule has 2 aromatic carbocycles. The molecule has 1 saturated heterocycles. The summed E-state index contributed by atoms with van der Waals surface area (Å²) in [6.45, 7) is 1.42. The van der Waals surface area contributed by atoms with E-state index in [1.807, 2.05) is 12.1 Å².